The number of aromatic nitrogens is 2. The summed E-state index contributed by atoms with van der Waals surface area (Å²) in [7, 11) is 0. The highest BCUT2D eigenvalue weighted by Gasteiger charge is 2.23. The molecule has 1 fully saturated rings. The molecule has 1 unspecified atom stereocenters. The van der Waals surface area contributed by atoms with E-state index < -0.39 is 0 Å². The van der Waals surface area contributed by atoms with Crippen molar-refractivity contribution in [1.29, 1.82) is 0 Å². The van der Waals surface area contributed by atoms with Crippen LogP contribution in [-0.2, 0) is 4.79 Å². The fourth-order valence-electron chi connectivity index (χ4n) is 2.41. The third kappa shape index (κ3) is 1.86. The van der Waals surface area contributed by atoms with Crippen LogP contribution in [0.25, 0.3) is 11.0 Å². The van der Waals surface area contributed by atoms with Crippen molar-refractivity contribution < 1.29 is 4.79 Å². The third-order valence-corrected chi connectivity index (χ3v) is 3.78. The molecule has 0 spiro atoms. The molecule has 1 atom stereocenters. The van der Waals surface area contributed by atoms with E-state index in [0.717, 1.165) is 21.9 Å². The van der Waals surface area contributed by atoms with Gasteiger partial charge < -0.3 is 15.6 Å². The van der Waals surface area contributed by atoms with Gasteiger partial charge in [0.1, 0.15) is 0 Å². The zero-order chi connectivity index (χ0) is 12.7. The van der Waals surface area contributed by atoms with Gasteiger partial charge in [-0.1, -0.05) is 15.9 Å². The Hall–Kier alpha value is -1.56. The molecular formula is C12H13BrN4O. The second-order valence-corrected chi connectivity index (χ2v) is 5.39. The molecule has 18 heavy (non-hydrogen) atoms. The first-order chi connectivity index (χ1) is 8.65. The number of nitrogens with zero attached hydrogens (tertiary/aromatic N) is 2. The highest BCUT2D eigenvalue weighted by Crippen LogP contribution is 2.28. The number of fused-ring (bicyclic) bond motifs is 1. The highest BCUT2D eigenvalue weighted by atomic mass is 79.9. The lowest BCUT2D eigenvalue weighted by Gasteiger charge is -2.25. The van der Waals surface area contributed by atoms with Gasteiger partial charge in [-0.25, -0.2) is 4.98 Å². The van der Waals surface area contributed by atoms with E-state index >= 15 is 0 Å². The lowest BCUT2D eigenvalue weighted by Crippen LogP contribution is -2.36. The van der Waals surface area contributed by atoms with E-state index in [1.165, 1.54) is 0 Å². The number of amides is 1. The van der Waals surface area contributed by atoms with Crippen LogP contribution in [0.3, 0.4) is 0 Å². The molecule has 0 aliphatic carbocycles. The summed E-state index contributed by atoms with van der Waals surface area (Å²) in [6.45, 7) is 0.616. The second kappa shape index (κ2) is 4.28. The molecular weight excluding hydrogens is 296 g/mol. The maximum Gasteiger partial charge on any atom is 0.220 e. The van der Waals surface area contributed by atoms with Crippen molar-refractivity contribution in [2.75, 3.05) is 12.3 Å². The van der Waals surface area contributed by atoms with Gasteiger partial charge in [-0.15, -0.1) is 0 Å². The topological polar surface area (TPSA) is 72.9 Å². The Morgan fingerprint density at radius 2 is 2.33 bits per heavy atom. The molecule has 3 rings (SSSR count). The van der Waals surface area contributed by atoms with E-state index in [2.05, 4.69) is 26.2 Å². The number of rotatable bonds is 1. The summed E-state index contributed by atoms with van der Waals surface area (Å²) in [5.41, 5.74) is 7.88. The molecule has 1 aliphatic heterocycles. The molecule has 2 heterocycles. The molecule has 1 amide bonds. The lowest BCUT2D eigenvalue weighted by molar-refractivity contribution is -0.122. The van der Waals surface area contributed by atoms with Crippen LogP contribution in [0.1, 0.15) is 18.9 Å². The van der Waals surface area contributed by atoms with Crippen molar-refractivity contribution in [2.45, 2.75) is 18.9 Å². The van der Waals surface area contributed by atoms with Crippen molar-refractivity contribution in [3.8, 4) is 0 Å². The number of nitrogens with one attached hydrogen (secondary N) is 1. The molecule has 0 saturated carbocycles. The Morgan fingerprint density at radius 1 is 1.50 bits per heavy atom. The number of carbonyl (C=O) groups excluding carboxylic acids is 1. The average Bonchev–Trinajstić information content (AvgIpc) is 2.65. The summed E-state index contributed by atoms with van der Waals surface area (Å²) in [6, 6.07) is 6.11. The summed E-state index contributed by atoms with van der Waals surface area (Å²) < 4.78 is 3.00. The fourth-order valence-corrected chi connectivity index (χ4v) is 2.76. The molecule has 0 bridgehead atoms. The van der Waals surface area contributed by atoms with Crippen molar-refractivity contribution in [3.63, 3.8) is 0 Å². The van der Waals surface area contributed by atoms with E-state index in [4.69, 9.17) is 5.73 Å². The molecule has 1 aromatic carbocycles. The van der Waals surface area contributed by atoms with Crippen LogP contribution in [-0.4, -0.2) is 22.0 Å². The molecule has 1 aromatic heterocycles. The number of nitrogen functional groups attached to an aromatic ring is 1. The first-order valence-electron chi connectivity index (χ1n) is 5.85. The van der Waals surface area contributed by atoms with Crippen LogP contribution in [0.2, 0.25) is 0 Å². The Morgan fingerprint density at radius 3 is 3.06 bits per heavy atom. The van der Waals surface area contributed by atoms with Crippen molar-refractivity contribution in [3.05, 3.63) is 22.7 Å². The van der Waals surface area contributed by atoms with Gasteiger partial charge in [0.2, 0.25) is 11.9 Å². The Kier molecular flexibility index (Phi) is 2.74. The zero-order valence-corrected chi connectivity index (χ0v) is 11.3. The molecule has 1 saturated heterocycles. The quantitative estimate of drug-likeness (QED) is 0.844. The van der Waals surface area contributed by atoms with Gasteiger partial charge in [0.05, 0.1) is 17.1 Å². The van der Waals surface area contributed by atoms with Crippen molar-refractivity contribution >= 4 is 38.8 Å². The first kappa shape index (κ1) is 11.5. The normalized spacial score (nSPS) is 20.1. The van der Waals surface area contributed by atoms with Gasteiger partial charge in [0.25, 0.3) is 0 Å². The van der Waals surface area contributed by atoms with E-state index in [0.29, 0.717) is 18.9 Å². The summed E-state index contributed by atoms with van der Waals surface area (Å²) in [5, 5.41) is 2.87. The van der Waals surface area contributed by atoms with Gasteiger partial charge >= 0.3 is 0 Å². The van der Waals surface area contributed by atoms with Crippen LogP contribution in [0.15, 0.2) is 22.7 Å². The number of hydrogen-bond acceptors (Lipinski definition) is 3. The van der Waals surface area contributed by atoms with E-state index in [9.17, 15) is 4.79 Å². The predicted octanol–water partition coefficient (Wildman–Crippen LogP) is 1.83. The zero-order valence-electron chi connectivity index (χ0n) is 9.69. The van der Waals surface area contributed by atoms with Gasteiger partial charge in [-0.2, -0.15) is 0 Å². The number of benzene rings is 1. The van der Waals surface area contributed by atoms with Crippen LogP contribution >= 0.6 is 15.9 Å². The third-order valence-electron chi connectivity index (χ3n) is 3.28. The molecule has 5 nitrogen and oxygen atoms in total. The van der Waals surface area contributed by atoms with E-state index in [-0.39, 0.29) is 11.9 Å². The number of piperidine rings is 1. The van der Waals surface area contributed by atoms with Gasteiger partial charge in [-0.3, -0.25) is 4.79 Å². The van der Waals surface area contributed by atoms with Crippen molar-refractivity contribution in [1.82, 2.24) is 14.9 Å². The van der Waals surface area contributed by atoms with Crippen molar-refractivity contribution in [2.24, 2.45) is 0 Å². The standard InChI is InChI=1S/C12H13BrN4O/c13-7-1-3-10-9(5-7)16-12(14)17(10)8-2-4-11(18)15-6-8/h1,3,5,8H,2,4,6H2,(H2,14,16)(H,15,18). The van der Waals surface area contributed by atoms with Gasteiger partial charge in [-0.05, 0) is 24.6 Å². The SMILES string of the molecule is Nc1nc2cc(Br)ccc2n1C1CCC(=O)NC1. The van der Waals surface area contributed by atoms with Crippen LogP contribution in [0.4, 0.5) is 5.95 Å². The molecule has 6 heteroatoms. The average molecular weight is 309 g/mol. The molecule has 94 valence electrons. The summed E-state index contributed by atoms with van der Waals surface area (Å²) in [5.74, 6) is 0.612. The maximum atomic E-state index is 11.2. The number of anilines is 1. The minimum Gasteiger partial charge on any atom is -0.369 e. The summed E-state index contributed by atoms with van der Waals surface area (Å²) in [6.07, 6.45) is 1.35. The van der Waals surface area contributed by atoms with E-state index in [1.54, 1.807) is 0 Å². The van der Waals surface area contributed by atoms with Gasteiger partial charge in [0.15, 0.2) is 0 Å². The molecule has 3 N–H and O–H groups in total. The minimum absolute atomic E-state index is 0.108. The number of halogens is 1. The number of carbonyl (C=O) groups is 1. The van der Waals surface area contributed by atoms with Crippen LogP contribution in [0.5, 0.6) is 0 Å². The van der Waals surface area contributed by atoms with Crippen LogP contribution in [0, 0.1) is 0 Å². The monoisotopic (exact) mass is 308 g/mol. The van der Waals surface area contributed by atoms with E-state index in [1.807, 2.05) is 22.8 Å². The Bertz CT molecular complexity index is 612. The largest absolute Gasteiger partial charge is 0.369 e. The highest BCUT2D eigenvalue weighted by molar-refractivity contribution is 9.10. The van der Waals surface area contributed by atoms with Gasteiger partial charge in [0, 0.05) is 17.4 Å². The predicted molar refractivity (Wildman–Crippen MR) is 73.1 cm³/mol. The second-order valence-electron chi connectivity index (χ2n) is 4.47. The van der Waals surface area contributed by atoms with Crippen LogP contribution < -0.4 is 11.1 Å². The fraction of sp³-hybridized carbons (Fsp3) is 0.333. The molecule has 0 radical (unpaired) electrons. The number of hydrogen-bond donors (Lipinski definition) is 2. The smallest absolute Gasteiger partial charge is 0.220 e. The number of nitrogens with two attached hydrogens (primary N) is 1. The Balaban J connectivity index is 2.05. The minimum atomic E-state index is 0.108. The lowest BCUT2D eigenvalue weighted by atomic mass is 10.1. The Labute approximate surface area is 112 Å². The maximum absolute atomic E-state index is 11.2. The molecule has 1 aliphatic rings. The first-order valence-corrected chi connectivity index (χ1v) is 6.64. The molecule has 2 aromatic rings. The summed E-state index contributed by atoms with van der Waals surface area (Å²) >= 11 is 3.42. The number of imidazole rings is 1. The summed E-state index contributed by atoms with van der Waals surface area (Å²) in [4.78, 5) is 15.6.